The molecular weight excluding hydrogens is 317 g/mol. The molecule has 130 valence electrons. The number of hydrogen-bond donors (Lipinski definition) is 0. The lowest BCUT2D eigenvalue weighted by Gasteiger charge is -2.19. The van der Waals surface area contributed by atoms with Gasteiger partial charge in [0.2, 0.25) is 0 Å². The summed E-state index contributed by atoms with van der Waals surface area (Å²) in [4.78, 5) is 10.2. The van der Waals surface area contributed by atoms with E-state index in [1.54, 1.807) is 0 Å². The highest BCUT2D eigenvalue weighted by Crippen LogP contribution is 2.49. The average Bonchev–Trinajstić information content (AvgIpc) is 2.50. The van der Waals surface area contributed by atoms with Crippen molar-refractivity contribution in [1.29, 1.82) is 0 Å². The van der Waals surface area contributed by atoms with Gasteiger partial charge in [-0.25, -0.2) is 4.57 Å². The van der Waals surface area contributed by atoms with Crippen LogP contribution >= 0.6 is 7.60 Å². The van der Waals surface area contributed by atoms with E-state index < -0.39 is 12.5 Å². The Morgan fingerprint density at radius 1 is 1.22 bits per heavy atom. The van der Waals surface area contributed by atoms with Gasteiger partial charge in [-0.05, 0) is 37.3 Å². The molecule has 0 saturated heterocycles. The van der Waals surface area contributed by atoms with Crippen molar-refractivity contribution in [2.45, 2.75) is 46.5 Å². The summed E-state index contributed by atoms with van der Waals surface area (Å²) in [7, 11) is -3.23. The van der Waals surface area contributed by atoms with Gasteiger partial charge < -0.3 is 4.52 Å². The average molecular weight is 343 g/mol. The Bertz CT molecular complexity index is 530. The smallest absolute Gasteiger partial charge is 0.379 e. The lowest BCUT2D eigenvalue weighted by atomic mass is 10.1. The van der Waals surface area contributed by atoms with Crippen LogP contribution in [0.15, 0.2) is 24.3 Å². The monoisotopic (exact) mass is 343 g/mol. The molecule has 1 aromatic rings. The summed E-state index contributed by atoms with van der Waals surface area (Å²) in [5.74, 6) is 0.906. The first-order valence-electron chi connectivity index (χ1n) is 8.04. The van der Waals surface area contributed by atoms with Gasteiger partial charge in [-0.3, -0.25) is 14.6 Å². The summed E-state index contributed by atoms with van der Waals surface area (Å²) >= 11 is 0. The molecule has 0 fully saturated rings. The Morgan fingerprint density at radius 3 is 2.39 bits per heavy atom. The maximum atomic E-state index is 12.8. The molecule has 0 saturated carbocycles. The third-order valence-electron chi connectivity index (χ3n) is 3.29. The molecule has 0 spiro atoms. The molecule has 0 aliphatic rings. The van der Waals surface area contributed by atoms with E-state index in [0.29, 0.717) is 24.4 Å². The third-order valence-corrected chi connectivity index (χ3v) is 5.22. The SMILES string of the molecule is CCCCP(=O)(OCCCC(C)C)Oc1ccc([N+](=O)[O-])cc1. The van der Waals surface area contributed by atoms with Crippen molar-refractivity contribution in [2.75, 3.05) is 12.8 Å². The molecule has 0 N–H and O–H groups in total. The Kier molecular flexibility index (Phi) is 8.28. The standard InChI is InChI=1S/C16H26NO5P/c1-4-5-13-23(20,21-12-6-7-14(2)3)22-16-10-8-15(9-11-16)17(18)19/h8-11,14H,4-7,12-13H2,1-3H3. The molecule has 7 heteroatoms. The van der Waals surface area contributed by atoms with Gasteiger partial charge in [0.1, 0.15) is 5.75 Å². The molecule has 0 heterocycles. The first kappa shape index (κ1) is 19.7. The largest absolute Gasteiger partial charge is 0.424 e. The Labute approximate surface area is 137 Å². The summed E-state index contributed by atoms with van der Waals surface area (Å²) in [6.07, 6.45) is 3.82. The summed E-state index contributed by atoms with van der Waals surface area (Å²) in [6.45, 7) is 6.66. The topological polar surface area (TPSA) is 78.7 Å². The normalized spacial score (nSPS) is 13.7. The van der Waals surface area contributed by atoms with Gasteiger partial charge in [0, 0.05) is 12.1 Å². The molecule has 0 radical (unpaired) electrons. The van der Waals surface area contributed by atoms with E-state index in [1.165, 1.54) is 24.3 Å². The Hall–Kier alpha value is -1.39. The fourth-order valence-electron chi connectivity index (χ4n) is 1.97. The zero-order valence-corrected chi connectivity index (χ0v) is 15.0. The zero-order valence-electron chi connectivity index (χ0n) is 14.1. The maximum Gasteiger partial charge on any atom is 0.379 e. The molecule has 1 aromatic carbocycles. The minimum atomic E-state index is -3.23. The first-order valence-corrected chi connectivity index (χ1v) is 9.76. The number of unbranched alkanes of at least 4 members (excludes halogenated alkanes) is 1. The van der Waals surface area contributed by atoms with E-state index >= 15 is 0 Å². The second kappa shape index (κ2) is 9.68. The van der Waals surface area contributed by atoms with Gasteiger partial charge in [-0.1, -0.05) is 27.2 Å². The summed E-state index contributed by atoms with van der Waals surface area (Å²) in [5.41, 5.74) is -0.0291. The highest BCUT2D eigenvalue weighted by Gasteiger charge is 2.25. The number of nitro benzene ring substituents is 1. The maximum absolute atomic E-state index is 12.8. The van der Waals surface area contributed by atoms with Crippen LogP contribution in [0.2, 0.25) is 0 Å². The van der Waals surface area contributed by atoms with E-state index in [0.717, 1.165) is 25.7 Å². The second-order valence-electron chi connectivity index (χ2n) is 5.90. The van der Waals surface area contributed by atoms with Gasteiger partial charge >= 0.3 is 7.60 Å². The van der Waals surface area contributed by atoms with Gasteiger partial charge in [-0.2, -0.15) is 0 Å². The molecule has 0 bridgehead atoms. The van der Waals surface area contributed by atoms with Crippen molar-refractivity contribution in [3.63, 3.8) is 0 Å². The predicted octanol–water partition coefficient (Wildman–Crippen LogP) is 5.42. The molecule has 0 amide bonds. The van der Waals surface area contributed by atoms with Gasteiger partial charge in [0.25, 0.3) is 5.69 Å². The number of rotatable bonds is 11. The van der Waals surface area contributed by atoms with Crippen LogP contribution in [0.4, 0.5) is 5.69 Å². The van der Waals surface area contributed by atoms with Crippen LogP contribution in [0.5, 0.6) is 5.75 Å². The Balaban J connectivity index is 2.68. The quantitative estimate of drug-likeness (QED) is 0.232. The van der Waals surface area contributed by atoms with Crippen LogP contribution in [0.3, 0.4) is 0 Å². The van der Waals surface area contributed by atoms with Crippen LogP contribution in [-0.4, -0.2) is 17.7 Å². The van der Waals surface area contributed by atoms with E-state index in [9.17, 15) is 14.7 Å². The molecule has 0 aliphatic carbocycles. The molecular formula is C16H26NO5P. The molecule has 0 aromatic heterocycles. The van der Waals surface area contributed by atoms with Crippen molar-refractivity contribution in [3.8, 4) is 5.75 Å². The van der Waals surface area contributed by atoms with Crippen LogP contribution in [0.25, 0.3) is 0 Å². The predicted molar refractivity (Wildman–Crippen MR) is 91.1 cm³/mol. The lowest BCUT2D eigenvalue weighted by molar-refractivity contribution is -0.384. The molecule has 23 heavy (non-hydrogen) atoms. The summed E-state index contributed by atoms with van der Waals surface area (Å²) in [5, 5.41) is 10.7. The molecule has 0 aliphatic heterocycles. The van der Waals surface area contributed by atoms with Crippen LogP contribution in [0, 0.1) is 16.0 Å². The van der Waals surface area contributed by atoms with Crippen molar-refractivity contribution in [1.82, 2.24) is 0 Å². The van der Waals surface area contributed by atoms with Crippen molar-refractivity contribution >= 4 is 13.3 Å². The highest BCUT2D eigenvalue weighted by molar-refractivity contribution is 7.54. The number of hydrogen-bond acceptors (Lipinski definition) is 5. The minimum Gasteiger partial charge on any atom is -0.424 e. The molecule has 6 nitrogen and oxygen atoms in total. The van der Waals surface area contributed by atoms with Crippen molar-refractivity contribution in [2.24, 2.45) is 5.92 Å². The minimum absolute atomic E-state index is 0.0291. The van der Waals surface area contributed by atoms with E-state index in [-0.39, 0.29) is 5.69 Å². The van der Waals surface area contributed by atoms with Gasteiger partial charge in [0.15, 0.2) is 0 Å². The van der Waals surface area contributed by atoms with Crippen molar-refractivity contribution < 1.29 is 18.5 Å². The number of nitrogens with zero attached hydrogens (tertiary/aromatic N) is 1. The van der Waals surface area contributed by atoms with E-state index in [2.05, 4.69) is 13.8 Å². The van der Waals surface area contributed by atoms with Gasteiger partial charge in [0.05, 0.1) is 17.7 Å². The lowest BCUT2D eigenvalue weighted by Crippen LogP contribution is -2.05. The molecule has 1 unspecified atom stereocenters. The first-order chi connectivity index (χ1) is 10.9. The number of non-ortho nitro benzene ring substituents is 1. The third kappa shape index (κ3) is 7.62. The highest BCUT2D eigenvalue weighted by atomic mass is 31.2. The fourth-order valence-corrected chi connectivity index (χ4v) is 3.80. The number of nitro groups is 1. The van der Waals surface area contributed by atoms with E-state index in [1.807, 2.05) is 6.92 Å². The van der Waals surface area contributed by atoms with Crippen LogP contribution in [0.1, 0.15) is 46.5 Å². The molecule has 1 atom stereocenters. The van der Waals surface area contributed by atoms with Crippen molar-refractivity contribution in [3.05, 3.63) is 34.4 Å². The number of benzene rings is 1. The fraction of sp³-hybridized carbons (Fsp3) is 0.625. The summed E-state index contributed by atoms with van der Waals surface area (Å²) in [6, 6.07) is 5.57. The van der Waals surface area contributed by atoms with E-state index in [4.69, 9.17) is 9.05 Å². The second-order valence-corrected chi connectivity index (χ2v) is 8.01. The summed E-state index contributed by atoms with van der Waals surface area (Å²) < 4.78 is 23.9. The Morgan fingerprint density at radius 2 is 1.87 bits per heavy atom. The van der Waals surface area contributed by atoms with Crippen LogP contribution < -0.4 is 4.52 Å². The van der Waals surface area contributed by atoms with Crippen LogP contribution in [-0.2, 0) is 9.09 Å². The van der Waals surface area contributed by atoms with Gasteiger partial charge in [-0.15, -0.1) is 0 Å². The zero-order chi connectivity index (χ0) is 17.3. The molecule has 1 rings (SSSR count).